The van der Waals surface area contributed by atoms with Crippen LogP contribution in [0, 0.1) is 0 Å². The van der Waals surface area contributed by atoms with Gasteiger partial charge in [0.25, 0.3) is 0 Å². The molecule has 6 nitrogen and oxygen atoms in total. The third kappa shape index (κ3) is 4.48. The minimum Gasteiger partial charge on any atom is -0.379 e. The van der Waals surface area contributed by atoms with Gasteiger partial charge in [0, 0.05) is 42.8 Å². The number of rotatable bonds is 5. The van der Waals surface area contributed by atoms with Crippen molar-refractivity contribution in [3.05, 3.63) is 34.3 Å². The van der Waals surface area contributed by atoms with E-state index in [1.807, 2.05) is 12.1 Å². The van der Waals surface area contributed by atoms with Crippen molar-refractivity contribution in [1.82, 2.24) is 14.9 Å². The maximum absolute atomic E-state index is 6.25. The van der Waals surface area contributed by atoms with Crippen LogP contribution in [0.1, 0.15) is 0 Å². The molecule has 0 saturated carbocycles. The highest BCUT2D eigenvalue weighted by molar-refractivity contribution is 6.36. The predicted molar refractivity (Wildman–Crippen MR) is 97.6 cm³/mol. The molecule has 1 fully saturated rings. The number of nitrogens with one attached hydrogen (secondary N) is 1. The summed E-state index contributed by atoms with van der Waals surface area (Å²) in [7, 11) is 0. The van der Waals surface area contributed by atoms with Gasteiger partial charge in [0.1, 0.15) is 5.82 Å². The van der Waals surface area contributed by atoms with Crippen LogP contribution in [0.15, 0.2) is 24.3 Å². The van der Waals surface area contributed by atoms with Gasteiger partial charge < -0.3 is 15.8 Å². The number of benzene rings is 1. The Morgan fingerprint density at radius 1 is 1.17 bits per heavy atom. The Bertz CT molecular complexity index is 707. The lowest BCUT2D eigenvalue weighted by Gasteiger charge is -2.26. The fraction of sp³-hybridized carbons (Fsp3) is 0.375. The second-order valence-electron chi connectivity index (χ2n) is 5.50. The van der Waals surface area contributed by atoms with Gasteiger partial charge in [0.2, 0.25) is 5.95 Å². The monoisotopic (exact) mass is 367 g/mol. The molecule has 1 aromatic heterocycles. The Morgan fingerprint density at radius 3 is 2.71 bits per heavy atom. The number of halogens is 2. The normalized spacial score (nSPS) is 15.4. The maximum atomic E-state index is 6.25. The second kappa shape index (κ2) is 7.98. The van der Waals surface area contributed by atoms with E-state index >= 15 is 0 Å². The first kappa shape index (κ1) is 17.2. The first-order valence-corrected chi connectivity index (χ1v) is 8.51. The van der Waals surface area contributed by atoms with E-state index in [0.717, 1.165) is 45.0 Å². The molecule has 2 heterocycles. The molecule has 0 unspecified atom stereocenters. The zero-order valence-corrected chi connectivity index (χ0v) is 14.6. The van der Waals surface area contributed by atoms with Gasteiger partial charge >= 0.3 is 0 Å². The van der Waals surface area contributed by atoms with Crippen molar-refractivity contribution in [2.24, 2.45) is 0 Å². The third-order valence-electron chi connectivity index (χ3n) is 3.79. The van der Waals surface area contributed by atoms with Crippen LogP contribution >= 0.6 is 23.2 Å². The van der Waals surface area contributed by atoms with Crippen LogP contribution in [0.2, 0.25) is 10.0 Å². The SMILES string of the molecule is Nc1nc(NCCN2CCOCC2)cc(-c2ccc(Cl)cc2Cl)n1. The highest BCUT2D eigenvalue weighted by atomic mass is 35.5. The van der Waals surface area contributed by atoms with Crippen molar-refractivity contribution in [1.29, 1.82) is 0 Å². The number of ether oxygens (including phenoxy) is 1. The van der Waals surface area contributed by atoms with Crippen LogP contribution in [0.5, 0.6) is 0 Å². The summed E-state index contributed by atoms with van der Waals surface area (Å²) >= 11 is 12.2. The Kier molecular flexibility index (Phi) is 5.73. The molecule has 1 aliphatic heterocycles. The molecular formula is C16H19Cl2N5O. The number of morpholine rings is 1. The Morgan fingerprint density at radius 2 is 1.96 bits per heavy atom. The molecule has 2 aromatic rings. The zero-order valence-electron chi connectivity index (χ0n) is 13.1. The van der Waals surface area contributed by atoms with Gasteiger partial charge in [-0.25, -0.2) is 4.98 Å². The van der Waals surface area contributed by atoms with Gasteiger partial charge in [0.15, 0.2) is 0 Å². The standard InChI is InChI=1S/C16H19Cl2N5O/c17-11-1-2-12(13(18)9-11)14-10-15(22-16(19)21-14)20-3-4-23-5-7-24-8-6-23/h1-2,9-10H,3-8H2,(H3,19,20,21,22). The highest BCUT2D eigenvalue weighted by Crippen LogP contribution is 2.30. The van der Waals surface area contributed by atoms with Crippen molar-refractivity contribution in [3.8, 4) is 11.3 Å². The zero-order chi connectivity index (χ0) is 16.9. The molecule has 1 saturated heterocycles. The molecule has 0 atom stereocenters. The summed E-state index contributed by atoms with van der Waals surface area (Å²) in [5.41, 5.74) is 7.27. The topological polar surface area (TPSA) is 76.3 Å². The summed E-state index contributed by atoms with van der Waals surface area (Å²) in [6.45, 7) is 5.19. The average Bonchev–Trinajstić information content (AvgIpc) is 2.55. The molecule has 3 rings (SSSR count). The molecule has 0 bridgehead atoms. The smallest absolute Gasteiger partial charge is 0.222 e. The molecule has 1 aromatic carbocycles. The van der Waals surface area contributed by atoms with Gasteiger partial charge in [-0.05, 0) is 18.2 Å². The maximum Gasteiger partial charge on any atom is 0.222 e. The lowest BCUT2D eigenvalue weighted by Crippen LogP contribution is -2.39. The van der Waals surface area contributed by atoms with Gasteiger partial charge in [-0.15, -0.1) is 0 Å². The van der Waals surface area contributed by atoms with Crippen LogP contribution in [-0.2, 0) is 4.74 Å². The van der Waals surface area contributed by atoms with Crippen molar-refractivity contribution in [3.63, 3.8) is 0 Å². The molecule has 8 heteroatoms. The lowest BCUT2D eigenvalue weighted by molar-refractivity contribution is 0.0398. The molecule has 128 valence electrons. The van der Waals surface area contributed by atoms with Crippen molar-refractivity contribution >= 4 is 35.0 Å². The summed E-state index contributed by atoms with van der Waals surface area (Å²) < 4.78 is 5.34. The van der Waals surface area contributed by atoms with Gasteiger partial charge in [-0.2, -0.15) is 4.98 Å². The quantitative estimate of drug-likeness (QED) is 0.845. The molecule has 24 heavy (non-hydrogen) atoms. The highest BCUT2D eigenvalue weighted by Gasteiger charge is 2.11. The lowest BCUT2D eigenvalue weighted by atomic mass is 10.1. The Labute approximate surface area is 150 Å². The number of anilines is 2. The molecule has 3 N–H and O–H groups in total. The van der Waals surface area contributed by atoms with E-state index in [2.05, 4.69) is 20.2 Å². The van der Waals surface area contributed by atoms with Crippen LogP contribution < -0.4 is 11.1 Å². The number of nitrogens with zero attached hydrogens (tertiary/aromatic N) is 3. The van der Waals surface area contributed by atoms with E-state index in [-0.39, 0.29) is 5.95 Å². The largest absolute Gasteiger partial charge is 0.379 e. The molecule has 0 radical (unpaired) electrons. The number of hydrogen-bond acceptors (Lipinski definition) is 6. The van der Waals surface area contributed by atoms with Gasteiger partial charge in [-0.1, -0.05) is 23.2 Å². The van der Waals surface area contributed by atoms with E-state index in [9.17, 15) is 0 Å². The van der Waals surface area contributed by atoms with Crippen molar-refractivity contribution < 1.29 is 4.74 Å². The van der Waals surface area contributed by atoms with E-state index in [1.165, 1.54) is 0 Å². The summed E-state index contributed by atoms with van der Waals surface area (Å²) in [6, 6.07) is 7.11. The first-order valence-electron chi connectivity index (χ1n) is 7.76. The summed E-state index contributed by atoms with van der Waals surface area (Å²) in [5, 5.41) is 4.40. The van der Waals surface area contributed by atoms with Gasteiger partial charge in [0.05, 0.1) is 23.9 Å². The van der Waals surface area contributed by atoms with E-state index in [0.29, 0.717) is 21.6 Å². The Hall–Kier alpha value is -1.60. The molecule has 0 aliphatic carbocycles. The van der Waals surface area contributed by atoms with Crippen LogP contribution in [-0.4, -0.2) is 54.3 Å². The fourth-order valence-corrected chi connectivity index (χ4v) is 3.06. The Balaban J connectivity index is 1.69. The second-order valence-corrected chi connectivity index (χ2v) is 6.35. The van der Waals surface area contributed by atoms with Crippen molar-refractivity contribution in [2.45, 2.75) is 0 Å². The fourth-order valence-electron chi connectivity index (χ4n) is 2.56. The summed E-state index contributed by atoms with van der Waals surface area (Å²) in [5.74, 6) is 0.879. The minimum atomic E-state index is 0.201. The number of aromatic nitrogens is 2. The van der Waals surface area contributed by atoms with Crippen LogP contribution in [0.25, 0.3) is 11.3 Å². The summed E-state index contributed by atoms with van der Waals surface area (Å²) in [6.07, 6.45) is 0. The molecular weight excluding hydrogens is 349 g/mol. The molecule has 1 aliphatic rings. The molecule has 0 amide bonds. The average molecular weight is 368 g/mol. The minimum absolute atomic E-state index is 0.201. The van der Waals surface area contributed by atoms with E-state index < -0.39 is 0 Å². The number of nitrogens with two attached hydrogens (primary N) is 1. The van der Waals surface area contributed by atoms with E-state index in [4.69, 9.17) is 33.7 Å². The third-order valence-corrected chi connectivity index (χ3v) is 4.34. The van der Waals surface area contributed by atoms with Crippen LogP contribution in [0.3, 0.4) is 0 Å². The summed E-state index contributed by atoms with van der Waals surface area (Å²) in [4.78, 5) is 10.8. The van der Waals surface area contributed by atoms with Crippen LogP contribution in [0.4, 0.5) is 11.8 Å². The molecule has 0 spiro atoms. The van der Waals surface area contributed by atoms with E-state index in [1.54, 1.807) is 12.1 Å². The first-order chi connectivity index (χ1) is 11.6. The number of hydrogen-bond donors (Lipinski definition) is 2. The predicted octanol–water partition coefficient (Wildman–Crippen LogP) is 2.78. The van der Waals surface area contributed by atoms with Crippen molar-refractivity contribution in [2.75, 3.05) is 50.4 Å². The number of nitrogen functional groups attached to an aromatic ring is 1. The van der Waals surface area contributed by atoms with Gasteiger partial charge in [-0.3, -0.25) is 4.90 Å².